The molecule has 110 valence electrons. The van der Waals surface area contributed by atoms with Crippen molar-refractivity contribution in [3.63, 3.8) is 0 Å². The Labute approximate surface area is 126 Å². The van der Waals surface area contributed by atoms with Gasteiger partial charge in [-0.2, -0.15) is 0 Å². The fourth-order valence-corrected chi connectivity index (χ4v) is 2.87. The largest absolute Gasteiger partial charge is 0.465 e. The first-order valence-corrected chi connectivity index (χ1v) is 7.26. The van der Waals surface area contributed by atoms with E-state index in [1.165, 1.54) is 18.9 Å². The highest BCUT2D eigenvalue weighted by Gasteiger charge is 2.25. The molecule has 1 saturated heterocycles. The molecule has 0 bridgehead atoms. The number of benzene rings is 1. The second-order valence-electron chi connectivity index (χ2n) is 4.34. The number of carbonyl (C=O) groups excluding carboxylic acids is 1. The monoisotopic (exact) mass is 306 g/mol. The van der Waals surface area contributed by atoms with Gasteiger partial charge < -0.3 is 18.6 Å². The highest BCUT2D eigenvalue weighted by molar-refractivity contribution is 7.99. The van der Waals surface area contributed by atoms with Crippen molar-refractivity contribution in [2.75, 3.05) is 20.3 Å². The van der Waals surface area contributed by atoms with Crippen molar-refractivity contribution in [1.29, 1.82) is 0 Å². The van der Waals surface area contributed by atoms with Crippen LogP contribution in [0.2, 0.25) is 0 Å². The summed E-state index contributed by atoms with van der Waals surface area (Å²) in [6.45, 7) is 1.15. The van der Waals surface area contributed by atoms with E-state index in [2.05, 4.69) is 4.74 Å². The van der Waals surface area contributed by atoms with E-state index in [9.17, 15) is 4.79 Å². The third-order valence-corrected chi connectivity index (χ3v) is 4.06. The molecule has 5 nitrogen and oxygen atoms in total. The molecule has 0 amide bonds. The van der Waals surface area contributed by atoms with Crippen LogP contribution in [-0.4, -0.2) is 26.3 Å². The van der Waals surface area contributed by atoms with Gasteiger partial charge in [-0.25, -0.2) is 4.79 Å². The number of rotatable bonds is 4. The van der Waals surface area contributed by atoms with Crippen LogP contribution in [0.25, 0.3) is 0 Å². The van der Waals surface area contributed by atoms with Crippen LogP contribution in [0.3, 0.4) is 0 Å². The number of furan rings is 1. The van der Waals surface area contributed by atoms with Crippen LogP contribution >= 0.6 is 11.8 Å². The summed E-state index contributed by atoms with van der Waals surface area (Å²) in [5, 5.41) is 0. The maximum atomic E-state index is 11.4. The van der Waals surface area contributed by atoms with Gasteiger partial charge in [-0.3, -0.25) is 0 Å². The zero-order chi connectivity index (χ0) is 14.7. The standard InChI is InChI=1S/C15H14O5S/c1-17-14(16)10-2-4-11(5-3-10)21-12-6-7-18-13(12)15-19-8-9-20-15/h2-7,15H,8-9H2,1H3. The van der Waals surface area contributed by atoms with E-state index >= 15 is 0 Å². The smallest absolute Gasteiger partial charge is 0.337 e. The predicted molar refractivity (Wildman–Crippen MR) is 75.3 cm³/mol. The fraction of sp³-hybridized carbons (Fsp3) is 0.267. The van der Waals surface area contributed by atoms with Crippen LogP contribution in [0, 0.1) is 0 Å². The molecule has 2 heterocycles. The molecular weight excluding hydrogens is 292 g/mol. The first-order chi connectivity index (χ1) is 10.3. The first-order valence-electron chi connectivity index (χ1n) is 6.45. The van der Waals surface area contributed by atoms with E-state index in [1.807, 2.05) is 18.2 Å². The van der Waals surface area contributed by atoms with Crippen molar-refractivity contribution in [1.82, 2.24) is 0 Å². The molecule has 1 aliphatic heterocycles. The lowest BCUT2D eigenvalue weighted by molar-refractivity contribution is -0.0611. The minimum Gasteiger partial charge on any atom is -0.465 e. The Morgan fingerprint density at radius 3 is 2.57 bits per heavy atom. The van der Waals surface area contributed by atoms with Gasteiger partial charge in [0.15, 0.2) is 5.76 Å². The number of ether oxygens (including phenoxy) is 3. The van der Waals surface area contributed by atoms with Crippen molar-refractivity contribution in [2.24, 2.45) is 0 Å². The minimum atomic E-state index is -0.433. The third kappa shape index (κ3) is 3.12. The van der Waals surface area contributed by atoms with Gasteiger partial charge in [-0.05, 0) is 30.3 Å². The maximum Gasteiger partial charge on any atom is 0.337 e. The molecule has 0 aliphatic carbocycles. The molecule has 0 atom stereocenters. The second kappa shape index (κ2) is 6.34. The molecule has 0 spiro atoms. The molecular formula is C15H14O5S. The van der Waals surface area contributed by atoms with Gasteiger partial charge in [0.25, 0.3) is 0 Å². The van der Waals surface area contributed by atoms with Gasteiger partial charge in [-0.15, -0.1) is 0 Å². The van der Waals surface area contributed by atoms with Crippen LogP contribution in [0.15, 0.2) is 50.8 Å². The van der Waals surface area contributed by atoms with Crippen LogP contribution in [-0.2, 0) is 14.2 Å². The lowest BCUT2D eigenvalue weighted by Gasteiger charge is -2.08. The summed E-state index contributed by atoms with van der Waals surface area (Å²) in [5.41, 5.74) is 0.525. The molecule has 1 aromatic carbocycles. The van der Waals surface area contributed by atoms with Crippen LogP contribution in [0.1, 0.15) is 22.4 Å². The normalized spacial score (nSPS) is 15.3. The van der Waals surface area contributed by atoms with E-state index in [-0.39, 0.29) is 5.97 Å². The lowest BCUT2D eigenvalue weighted by Crippen LogP contribution is -2.00. The van der Waals surface area contributed by atoms with Crippen molar-refractivity contribution in [3.05, 3.63) is 47.9 Å². The summed E-state index contributed by atoms with van der Waals surface area (Å²) >= 11 is 1.53. The summed E-state index contributed by atoms with van der Waals surface area (Å²) in [7, 11) is 1.37. The minimum absolute atomic E-state index is 0.344. The number of hydrogen-bond acceptors (Lipinski definition) is 6. The summed E-state index contributed by atoms with van der Waals surface area (Å²) in [4.78, 5) is 13.3. The van der Waals surface area contributed by atoms with Gasteiger partial charge in [0, 0.05) is 4.90 Å². The predicted octanol–water partition coefficient (Wildman–Crippen LogP) is 3.26. The lowest BCUT2D eigenvalue weighted by atomic mass is 10.2. The zero-order valence-corrected chi connectivity index (χ0v) is 12.2. The Balaban J connectivity index is 1.75. The molecule has 21 heavy (non-hydrogen) atoms. The summed E-state index contributed by atoms with van der Waals surface area (Å²) in [6.07, 6.45) is 1.18. The Hall–Kier alpha value is -1.76. The van der Waals surface area contributed by atoms with Crippen molar-refractivity contribution in [2.45, 2.75) is 16.1 Å². The quantitative estimate of drug-likeness (QED) is 0.808. The van der Waals surface area contributed by atoms with Crippen molar-refractivity contribution in [3.8, 4) is 0 Å². The fourth-order valence-electron chi connectivity index (χ4n) is 1.98. The highest BCUT2D eigenvalue weighted by Crippen LogP contribution is 2.37. The number of esters is 1. The van der Waals surface area contributed by atoms with E-state index < -0.39 is 6.29 Å². The molecule has 0 N–H and O–H groups in total. The second-order valence-corrected chi connectivity index (χ2v) is 5.46. The molecule has 1 fully saturated rings. The van der Waals surface area contributed by atoms with E-state index in [0.717, 1.165) is 9.79 Å². The molecule has 3 rings (SSSR count). The van der Waals surface area contributed by atoms with E-state index in [1.54, 1.807) is 18.4 Å². The average Bonchev–Trinajstić information content (AvgIpc) is 3.18. The first kappa shape index (κ1) is 14.2. The van der Waals surface area contributed by atoms with Crippen LogP contribution in [0.4, 0.5) is 0 Å². The van der Waals surface area contributed by atoms with Gasteiger partial charge in [0.2, 0.25) is 6.29 Å². The molecule has 0 saturated carbocycles. The van der Waals surface area contributed by atoms with Crippen molar-refractivity contribution >= 4 is 17.7 Å². The van der Waals surface area contributed by atoms with Gasteiger partial charge in [0.1, 0.15) is 0 Å². The summed E-state index contributed by atoms with van der Waals surface area (Å²) < 4.78 is 21.0. The van der Waals surface area contributed by atoms with Gasteiger partial charge >= 0.3 is 5.97 Å². The third-order valence-electron chi connectivity index (χ3n) is 3.00. The number of carbonyl (C=O) groups is 1. The Kier molecular flexibility index (Phi) is 4.28. The maximum absolute atomic E-state index is 11.4. The SMILES string of the molecule is COC(=O)c1ccc(Sc2ccoc2C2OCCO2)cc1. The molecule has 6 heteroatoms. The number of hydrogen-bond donors (Lipinski definition) is 0. The van der Waals surface area contributed by atoms with E-state index in [4.69, 9.17) is 13.9 Å². The molecule has 2 aromatic rings. The Bertz CT molecular complexity index is 613. The van der Waals surface area contributed by atoms with Gasteiger partial charge in [0.05, 0.1) is 37.0 Å². The topological polar surface area (TPSA) is 57.9 Å². The Morgan fingerprint density at radius 2 is 1.90 bits per heavy atom. The average molecular weight is 306 g/mol. The number of methoxy groups -OCH3 is 1. The highest BCUT2D eigenvalue weighted by atomic mass is 32.2. The van der Waals surface area contributed by atoms with Gasteiger partial charge in [-0.1, -0.05) is 11.8 Å². The Morgan fingerprint density at radius 1 is 1.19 bits per heavy atom. The molecule has 0 radical (unpaired) electrons. The molecule has 1 aromatic heterocycles. The van der Waals surface area contributed by atoms with Crippen LogP contribution in [0.5, 0.6) is 0 Å². The molecule has 1 aliphatic rings. The summed E-state index contributed by atoms with van der Waals surface area (Å²) in [6, 6.07) is 9.07. The van der Waals surface area contributed by atoms with Crippen LogP contribution < -0.4 is 0 Å². The van der Waals surface area contributed by atoms with Crippen molar-refractivity contribution < 1.29 is 23.4 Å². The summed E-state index contributed by atoms with van der Waals surface area (Å²) in [5.74, 6) is 0.331. The zero-order valence-electron chi connectivity index (χ0n) is 11.4. The van der Waals surface area contributed by atoms with E-state index in [0.29, 0.717) is 24.5 Å². The molecule has 0 unspecified atom stereocenters.